The summed E-state index contributed by atoms with van der Waals surface area (Å²) in [6, 6.07) is 2.17. The van der Waals surface area contributed by atoms with E-state index in [-0.39, 0.29) is 6.04 Å². The molecule has 0 spiro atoms. The highest BCUT2D eigenvalue weighted by Crippen LogP contribution is 2.25. The molecular formula is C11H14N4S. The first-order valence-electron chi connectivity index (χ1n) is 5.24. The van der Waals surface area contributed by atoms with Crippen LogP contribution in [-0.2, 0) is 0 Å². The van der Waals surface area contributed by atoms with Crippen LogP contribution in [0.2, 0.25) is 0 Å². The highest BCUT2D eigenvalue weighted by molar-refractivity contribution is 7.05. The molecule has 0 bridgehead atoms. The molecule has 0 aliphatic rings. The molecule has 1 atom stereocenters. The van der Waals surface area contributed by atoms with Crippen LogP contribution >= 0.6 is 11.5 Å². The molecular weight excluding hydrogens is 220 g/mol. The average molecular weight is 234 g/mol. The molecule has 0 aromatic carbocycles. The van der Waals surface area contributed by atoms with Crippen molar-refractivity contribution < 1.29 is 0 Å². The zero-order valence-electron chi connectivity index (χ0n) is 9.34. The summed E-state index contributed by atoms with van der Waals surface area (Å²) in [7, 11) is 0. The molecule has 0 saturated carbocycles. The SMILES string of the molecule is CCNC(c1cnns1)c1cnccc1C. The van der Waals surface area contributed by atoms with Crippen LogP contribution in [0, 0.1) is 6.92 Å². The molecule has 0 radical (unpaired) electrons. The average Bonchev–Trinajstić information content (AvgIpc) is 2.80. The number of nitrogens with one attached hydrogen (secondary N) is 1. The van der Waals surface area contributed by atoms with E-state index in [1.54, 1.807) is 0 Å². The topological polar surface area (TPSA) is 50.7 Å². The van der Waals surface area contributed by atoms with Gasteiger partial charge < -0.3 is 5.32 Å². The Bertz CT molecular complexity index is 441. The van der Waals surface area contributed by atoms with Crippen molar-refractivity contribution in [2.45, 2.75) is 19.9 Å². The minimum Gasteiger partial charge on any atom is -0.306 e. The van der Waals surface area contributed by atoms with E-state index in [0.717, 1.165) is 11.4 Å². The van der Waals surface area contributed by atoms with E-state index in [1.807, 2.05) is 24.7 Å². The molecule has 16 heavy (non-hydrogen) atoms. The first-order chi connectivity index (χ1) is 7.83. The van der Waals surface area contributed by atoms with Crippen LogP contribution < -0.4 is 5.32 Å². The number of hydrogen-bond donors (Lipinski definition) is 1. The highest BCUT2D eigenvalue weighted by atomic mass is 32.1. The smallest absolute Gasteiger partial charge is 0.0721 e. The summed E-state index contributed by atoms with van der Waals surface area (Å²) in [6.45, 7) is 5.08. The van der Waals surface area contributed by atoms with Gasteiger partial charge in [-0.05, 0) is 42.2 Å². The Morgan fingerprint density at radius 3 is 2.94 bits per heavy atom. The Balaban J connectivity index is 2.37. The standard InChI is InChI=1S/C11H14N4S/c1-3-13-11(10-7-14-15-16-10)9-6-12-5-4-8(9)2/h4-7,11,13H,3H2,1-2H3. The molecule has 0 aliphatic carbocycles. The lowest BCUT2D eigenvalue weighted by Gasteiger charge is -2.17. The van der Waals surface area contributed by atoms with Crippen molar-refractivity contribution >= 4 is 11.5 Å². The number of pyridine rings is 1. The monoisotopic (exact) mass is 234 g/mol. The lowest BCUT2D eigenvalue weighted by atomic mass is 10.0. The maximum Gasteiger partial charge on any atom is 0.0721 e. The van der Waals surface area contributed by atoms with Crippen LogP contribution in [-0.4, -0.2) is 21.1 Å². The van der Waals surface area contributed by atoms with Crippen molar-refractivity contribution in [3.63, 3.8) is 0 Å². The van der Waals surface area contributed by atoms with Gasteiger partial charge in [0.2, 0.25) is 0 Å². The fourth-order valence-electron chi connectivity index (χ4n) is 1.65. The van der Waals surface area contributed by atoms with Gasteiger partial charge in [0.25, 0.3) is 0 Å². The van der Waals surface area contributed by atoms with Gasteiger partial charge in [0.1, 0.15) is 0 Å². The first-order valence-corrected chi connectivity index (χ1v) is 6.01. The van der Waals surface area contributed by atoms with Gasteiger partial charge >= 0.3 is 0 Å². The summed E-state index contributed by atoms with van der Waals surface area (Å²) in [5.41, 5.74) is 2.42. The van der Waals surface area contributed by atoms with Crippen molar-refractivity contribution in [3.8, 4) is 0 Å². The molecule has 0 amide bonds. The van der Waals surface area contributed by atoms with Crippen molar-refractivity contribution in [3.05, 3.63) is 40.7 Å². The molecule has 0 aliphatic heterocycles. The molecule has 2 aromatic heterocycles. The van der Waals surface area contributed by atoms with Crippen molar-refractivity contribution in [1.29, 1.82) is 0 Å². The van der Waals surface area contributed by atoms with Crippen LogP contribution in [0.5, 0.6) is 0 Å². The zero-order valence-corrected chi connectivity index (χ0v) is 10.2. The van der Waals surface area contributed by atoms with E-state index in [4.69, 9.17) is 0 Å². The second-order valence-electron chi connectivity index (χ2n) is 3.54. The third kappa shape index (κ3) is 2.25. The number of aromatic nitrogens is 3. The fraction of sp³-hybridized carbons (Fsp3) is 0.364. The summed E-state index contributed by atoms with van der Waals surface area (Å²) < 4.78 is 3.91. The van der Waals surface area contributed by atoms with E-state index in [0.29, 0.717) is 0 Å². The second-order valence-corrected chi connectivity index (χ2v) is 4.36. The largest absolute Gasteiger partial charge is 0.306 e. The molecule has 1 N–H and O–H groups in total. The van der Waals surface area contributed by atoms with E-state index in [2.05, 4.69) is 33.7 Å². The van der Waals surface area contributed by atoms with Crippen LogP contribution in [0.25, 0.3) is 0 Å². The van der Waals surface area contributed by atoms with Gasteiger partial charge in [0.05, 0.1) is 17.1 Å². The second kappa shape index (κ2) is 5.14. The summed E-state index contributed by atoms with van der Waals surface area (Å²) >= 11 is 1.42. The molecule has 1 unspecified atom stereocenters. The zero-order chi connectivity index (χ0) is 11.4. The Hall–Kier alpha value is -1.33. The van der Waals surface area contributed by atoms with Gasteiger partial charge in [0.15, 0.2) is 0 Å². The Kier molecular flexibility index (Phi) is 3.58. The molecule has 2 heterocycles. The van der Waals surface area contributed by atoms with Crippen molar-refractivity contribution in [2.24, 2.45) is 0 Å². The molecule has 84 valence electrons. The number of hydrogen-bond acceptors (Lipinski definition) is 5. The predicted octanol–water partition coefficient (Wildman–Crippen LogP) is 1.94. The van der Waals surface area contributed by atoms with E-state index in [9.17, 15) is 0 Å². The Morgan fingerprint density at radius 1 is 1.44 bits per heavy atom. The van der Waals surface area contributed by atoms with Gasteiger partial charge in [-0.3, -0.25) is 4.98 Å². The summed E-state index contributed by atoms with van der Waals surface area (Å²) in [4.78, 5) is 5.31. The van der Waals surface area contributed by atoms with E-state index < -0.39 is 0 Å². The lowest BCUT2D eigenvalue weighted by molar-refractivity contribution is 0.633. The maximum atomic E-state index is 4.18. The van der Waals surface area contributed by atoms with Crippen molar-refractivity contribution in [1.82, 2.24) is 19.9 Å². The molecule has 2 rings (SSSR count). The van der Waals surface area contributed by atoms with Gasteiger partial charge in [-0.15, -0.1) is 5.10 Å². The third-order valence-corrected chi connectivity index (χ3v) is 3.19. The Labute approximate surface area is 98.9 Å². The van der Waals surface area contributed by atoms with E-state index in [1.165, 1.54) is 22.7 Å². The first kappa shape index (κ1) is 11.2. The molecule has 0 fully saturated rings. The Morgan fingerprint density at radius 2 is 2.31 bits per heavy atom. The number of aryl methyl sites for hydroxylation is 1. The summed E-state index contributed by atoms with van der Waals surface area (Å²) in [5, 5.41) is 7.32. The maximum absolute atomic E-state index is 4.18. The van der Waals surface area contributed by atoms with Gasteiger partial charge in [0, 0.05) is 12.4 Å². The third-order valence-electron chi connectivity index (χ3n) is 2.46. The van der Waals surface area contributed by atoms with Gasteiger partial charge in [-0.2, -0.15) is 0 Å². The van der Waals surface area contributed by atoms with Crippen molar-refractivity contribution in [2.75, 3.05) is 6.54 Å². The normalized spacial score (nSPS) is 12.6. The fourth-order valence-corrected chi connectivity index (χ4v) is 2.25. The minimum absolute atomic E-state index is 0.152. The van der Waals surface area contributed by atoms with Gasteiger partial charge in [-0.1, -0.05) is 11.4 Å². The van der Waals surface area contributed by atoms with Crippen LogP contribution in [0.1, 0.15) is 29.0 Å². The minimum atomic E-state index is 0.152. The van der Waals surface area contributed by atoms with Crippen LogP contribution in [0.4, 0.5) is 0 Å². The number of rotatable bonds is 4. The number of nitrogens with zero attached hydrogens (tertiary/aromatic N) is 3. The van der Waals surface area contributed by atoms with Crippen LogP contribution in [0.15, 0.2) is 24.7 Å². The predicted molar refractivity (Wildman–Crippen MR) is 64.4 cm³/mol. The van der Waals surface area contributed by atoms with Crippen LogP contribution in [0.3, 0.4) is 0 Å². The summed E-state index contributed by atoms with van der Waals surface area (Å²) in [5.74, 6) is 0. The molecule has 4 nitrogen and oxygen atoms in total. The molecule has 5 heteroatoms. The summed E-state index contributed by atoms with van der Waals surface area (Å²) in [6.07, 6.45) is 5.53. The molecule has 2 aromatic rings. The lowest BCUT2D eigenvalue weighted by Crippen LogP contribution is -2.22. The van der Waals surface area contributed by atoms with Gasteiger partial charge in [-0.25, -0.2) is 0 Å². The molecule has 0 saturated heterocycles. The van der Waals surface area contributed by atoms with E-state index >= 15 is 0 Å². The highest BCUT2D eigenvalue weighted by Gasteiger charge is 2.17. The quantitative estimate of drug-likeness (QED) is 0.878.